The molecule has 0 unspecified atom stereocenters. The van der Waals surface area contributed by atoms with E-state index in [0.29, 0.717) is 5.92 Å². The molecule has 5 nitrogen and oxygen atoms in total. The molecule has 0 radical (unpaired) electrons. The van der Waals surface area contributed by atoms with Gasteiger partial charge in [-0.1, -0.05) is 13.8 Å². The van der Waals surface area contributed by atoms with Crippen LogP contribution in [0.3, 0.4) is 0 Å². The summed E-state index contributed by atoms with van der Waals surface area (Å²) in [7, 11) is 0. The van der Waals surface area contributed by atoms with Crippen LogP contribution in [-0.4, -0.2) is 33.3 Å². The molecule has 1 N–H and O–H groups in total. The minimum atomic E-state index is 0.520. The quantitative estimate of drug-likeness (QED) is 0.943. The van der Waals surface area contributed by atoms with Gasteiger partial charge in [-0.3, -0.25) is 5.10 Å². The highest BCUT2D eigenvalue weighted by molar-refractivity contribution is 5.41. The van der Waals surface area contributed by atoms with Crippen LogP contribution in [0.2, 0.25) is 0 Å². The first-order valence-electron chi connectivity index (χ1n) is 8.32. The third kappa shape index (κ3) is 2.98. The van der Waals surface area contributed by atoms with E-state index in [1.807, 2.05) is 6.20 Å². The van der Waals surface area contributed by atoms with E-state index < -0.39 is 0 Å². The molecule has 1 saturated heterocycles. The molecule has 0 bridgehead atoms. The number of aryl methyl sites for hydroxylation is 3. The fraction of sp³-hybridized carbons (Fsp3) is 0.588. The zero-order valence-electron chi connectivity index (χ0n) is 13.8. The van der Waals surface area contributed by atoms with E-state index >= 15 is 0 Å². The first kappa shape index (κ1) is 15.0. The summed E-state index contributed by atoms with van der Waals surface area (Å²) in [4.78, 5) is 11.6. The molecule has 0 spiro atoms. The number of nitrogens with one attached hydrogen (secondary N) is 1. The minimum Gasteiger partial charge on any atom is -0.356 e. The van der Waals surface area contributed by atoms with Gasteiger partial charge >= 0.3 is 0 Å². The Bertz CT molecular complexity index is 634. The lowest BCUT2D eigenvalue weighted by Gasteiger charge is -2.33. The summed E-state index contributed by atoms with van der Waals surface area (Å²) in [6.07, 6.45) is 6.30. The summed E-state index contributed by atoms with van der Waals surface area (Å²) in [6, 6.07) is 2.11. The van der Waals surface area contributed by atoms with Crippen molar-refractivity contribution in [2.45, 2.75) is 52.4 Å². The number of piperidine rings is 1. The highest BCUT2D eigenvalue weighted by atomic mass is 15.2. The van der Waals surface area contributed by atoms with Gasteiger partial charge in [-0.2, -0.15) is 5.10 Å². The van der Waals surface area contributed by atoms with Gasteiger partial charge in [0.15, 0.2) is 0 Å². The van der Waals surface area contributed by atoms with Gasteiger partial charge in [-0.05, 0) is 31.7 Å². The topological polar surface area (TPSA) is 57.7 Å². The van der Waals surface area contributed by atoms with Gasteiger partial charge in [0.2, 0.25) is 0 Å². The van der Waals surface area contributed by atoms with Gasteiger partial charge in [0.1, 0.15) is 11.6 Å². The zero-order valence-corrected chi connectivity index (χ0v) is 13.8. The average Bonchev–Trinajstić information content (AvgIpc) is 3.03. The summed E-state index contributed by atoms with van der Waals surface area (Å²) in [6.45, 7) is 8.43. The van der Waals surface area contributed by atoms with E-state index in [9.17, 15) is 0 Å². The maximum absolute atomic E-state index is 4.72. The van der Waals surface area contributed by atoms with Crippen molar-refractivity contribution < 1.29 is 0 Å². The van der Waals surface area contributed by atoms with Crippen LogP contribution in [0.4, 0.5) is 5.82 Å². The van der Waals surface area contributed by atoms with Crippen LogP contribution in [-0.2, 0) is 12.8 Å². The molecule has 1 aliphatic heterocycles. The van der Waals surface area contributed by atoms with Crippen LogP contribution in [0.1, 0.15) is 55.4 Å². The zero-order chi connectivity index (χ0) is 15.5. The van der Waals surface area contributed by atoms with Crippen LogP contribution in [0.5, 0.6) is 0 Å². The Kier molecular flexibility index (Phi) is 4.41. The van der Waals surface area contributed by atoms with Crippen molar-refractivity contribution in [1.82, 2.24) is 20.2 Å². The molecule has 1 fully saturated rings. The van der Waals surface area contributed by atoms with Crippen LogP contribution in [0, 0.1) is 6.92 Å². The Morgan fingerprint density at radius 1 is 1.27 bits per heavy atom. The Morgan fingerprint density at radius 3 is 2.91 bits per heavy atom. The Balaban J connectivity index is 1.82. The molecule has 118 valence electrons. The second kappa shape index (κ2) is 6.46. The highest BCUT2D eigenvalue weighted by Gasteiger charge is 2.25. The predicted molar refractivity (Wildman–Crippen MR) is 88.3 cm³/mol. The Hall–Kier alpha value is -1.91. The van der Waals surface area contributed by atoms with Crippen molar-refractivity contribution in [2.24, 2.45) is 0 Å². The van der Waals surface area contributed by atoms with E-state index in [0.717, 1.165) is 43.3 Å². The van der Waals surface area contributed by atoms with Crippen molar-refractivity contribution >= 4 is 5.82 Å². The second-order valence-corrected chi connectivity index (χ2v) is 6.08. The largest absolute Gasteiger partial charge is 0.356 e. The standard InChI is InChI=1S/C17H25N5/c1-4-13-10-18-21-17(13)14-7-6-8-22(11-14)16-9-12(3)19-15(5-2)20-16/h9-10,14H,4-8,11H2,1-3H3,(H,18,21)/t14-/m0/s1. The fourth-order valence-corrected chi connectivity index (χ4v) is 3.31. The number of H-pyrrole nitrogens is 1. The van der Waals surface area contributed by atoms with Crippen LogP contribution < -0.4 is 4.90 Å². The summed E-state index contributed by atoms with van der Waals surface area (Å²) in [5.74, 6) is 2.53. The van der Waals surface area contributed by atoms with E-state index in [1.165, 1.54) is 24.1 Å². The molecule has 1 aliphatic rings. The third-order valence-corrected chi connectivity index (χ3v) is 4.49. The first-order chi connectivity index (χ1) is 10.7. The number of hydrogen-bond acceptors (Lipinski definition) is 4. The monoisotopic (exact) mass is 299 g/mol. The average molecular weight is 299 g/mol. The SMILES string of the molecule is CCc1nc(C)cc(N2CCC[C@H](c3[nH]ncc3CC)C2)n1. The maximum Gasteiger partial charge on any atom is 0.132 e. The lowest BCUT2D eigenvalue weighted by atomic mass is 9.92. The van der Waals surface area contributed by atoms with E-state index in [-0.39, 0.29) is 0 Å². The molecule has 0 aliphatic carbocycles. The molecule has 22 heavy (non-hydrogen) atoms. The smallest absolute Gasteiger partial charge is 0.132 e. The van der Waals surface area contributed by atoms with Crippen LogP contribution in [0.25, 0.3) is 0 Å². The number of anilines is 1. The highest BCUT2D eigenvalue weighted by Crippen LogP contribution is 2.30. The molecule has 3 rings (SSSR count). The first-order valence-corrected chi connectivity index (χ1v) is 8.32. The van der Waals surface area contributed by atoms with Crippen LogP contribution in [0.15, 0.2) is 12.3 Å². The lowest BCUT2D eigenvalue weighted by Crippen LogP contribution is -2.35. The second-order valence-electron chi connectivity index (χ2n) is 6.08. The van der Waals surface area contributed by atoms with Gasteiger partial charge in [-0.25, -0.2) is 9.97 Å². The third-order valence-electron chi connectivity index (χ3n) is 4.49. The van der Waals surface area contributed by atoms with E-state index in [1.54, 1.807) is 0 Å². The molecule has 0 aromatic carbocycles. The molecule has 5 heteroatoms. The molecule has 0 amide bonds. The van der Waals surface area contributed by atoms with Crippen molar-refractivity contribution in [1.29, 1.82) is 0 Å². The van der Waals surface area contributed by atoms with Crippen LogP contribution >= 0.6 is 0 Å². The normalized spacial score (nSPS) is 18.7. The summed E-state index contributed by atoms with van der Waals surface area (Å²) in [5.41, 5.74) is 3.72. The molecular formula is C17H25N5. The maximum atomic E-state index is 4.72. The fourth-order valence-electron chi connectivity index (χ4n) is 3.31. The van der Waals surface area contributed by atoms with Crippen molar-refractivity contribution in [3.8, 4) is 0 Å². The van der Waals surface area contributed by atoms with E-state index in [2.05, 4.69) is 46.9 Å². The molecule has 0 saturated carbocycles. The minimum absolute atomic E-state index is 0.520. The van der Waals surface area contributed by atoms with Gasteiger partial charge in [0, 0.05) is 42.9 Å². The summed E-state index contributed by atoms with van der Waals surface area (Å²) in [5, 5.41) is 7.46. The summed E-state index contributed by atoms with van der Waals surface area (Å²) >= 11 is 0. The van der Waals surface area contributed by atoms with Gasteiger partial charge in [0.25, 0.3) is 0 Å². The number of aromatic amines is 1. The molecule has 2 aromatic rings. The Labute approximate surface area is 132 Å². The van der Waals surface area contributed by atoms with Crippen molar-refractivity contribution in [3.05, 3.63) is 35.0 Å². The van der Waals surface area contributed by atoms with E-state index in [4.69, 9.17) is 4.98 Å². The van der Waals surface area contributed by atoms with Gasteiger partial charge < -0.3 is 4.90 Å². The molecular weight excluding hydrogens is 274 g/mol. The number of aromatic nitrogens is 4. The predicted octanol–water partition coefficient (Wildman–Crippen LogP) is 3.02. The Morgan fingerprint density at radius 2 is 2.14 bits per heavy atom. The van der Waals surface area contributed by atoms with Crippen molar-refractivity contribution in [2.75, 3.05) is 18.0 Å². The number of hydrogen-bond donors (Lipinski definition) is 1. The van der Waals surface area contributed by atoms with Crippen molar-refractivity contribution in [3.63, 3.8) is 0 Å². The number of rotatable bonds is 4. The number of nitrogens with zero attached hydrogens (tertiary/aromatic N) is 4. The molecule has 3 heterocycles. The molecule has 1 atom stereocenters. The summed E-state index contributed by atoms with van der Waals surface area (Å²) < 4.78 is 0. The van der Waals surface area contributed by atoms with Gasteiger partial charge in [0.05, 0.1) is 6.20 Å². The lowest BCUT2D eigenvalue weighted by molar-refractivity contribution is 0.495. The van der Waals surface area contributed by atoms with Gasteiger partial charge in [-0.15, -0.1) is 0 Å². The molecule has 2 aromatic heterocycles.